The van der Waals surface area contributed by atoms with E-state index < -0.39 is 29.2 Å². The molecule has 0 saturated heterocycles. The fourth-order valence-corrected chi connectivity index (χ4v) is 4.08. The number of halogens is 8. The van der Waals surface area contributed by atoms with Gasteiger partial charge in [-0.2, -0.15) is 13.2 Å². The molecule has 3 aromatic carbocycles. The van der Waals surface area contributed by atoms with Gasteiger partial charge in [0.2, 0.25) is 0 Å². The topological polar surface area (TPSA) is 0 Å². The average molecular weight is 594 g/mol. The number of rotatable bonds is 6. The van der Waals surface area contributed by atoms with Gasteiger partial charge in [-0.15, -0.1) is 0 Å². The van der Waals surface area contributed by atoms with Gasteiger partial charge >= 0.3 is 6.18 Å². The van der Waals surface area contributed by atoms with E-state index in [1.54, 1.807) is 0 Å². The summed E-state index contributed by atoms with van der Waals surface area (Å²) in [6.45, 7) is 12.0. The molecule has 0 saturated carbocycles. The summed E-state index contributed by atoms with van der Waals surface area (Å²) in [5.41, 5.74) is 1.20. The highest BCUT2D eigenvalue weighted by atomic mass is 35.5. The summed E-state index contributed by atoms with van der Waals surface area (Å²) in [4.78, 5) is 0. The van der Waals surface area contributed by atoms with E-state index in [9.17, 15) is 26.3 Å². The van der Waals surface area contributed by atoms with Gasteiger partial charge < -0.3 is 0 Å². The molecule has 3 rings (SSSR count). The van der Waals surface area contributed by atoms with E-state index in [0.29, 0.717) is 24.7 Å². The molecule has 0 radical (unpaired) electrons. The van der Waals surface area contributed by atoms with Crippen LogP contribution in [0, 0.1) is 35.2 Å². The zero-order valence-corrected chi connectivity index (χ0v) is 24.6. The van der Waals surface area contributed by atoms with Crippen LogP contribution in [-0.2, 0) is 25.4 Å². The Kier molecular flexibility index (Phi) is 14.5. The van der Waals surface area contributed by atoms with Crippen molar-refractivity contribution in [1.82, 2.24) is 0 Å². The Morgan fingerprint density at radius 1 is 0.615 bits per heavy atom. The lowest BCUT2D eigenvalue weighted by Gasteiger charge is -2.11. The summed E-state index contributed by atoms with van der Waals surface area (Å²) in [5, 5.41) is 1.57. The van der Waals surface area contributed by atoms with Gasteiger partial charge in [0.25, 0.3) is 0 Å². The predicted molar refractivity (Wildman–Crippen MR) is 150 cm³/mol. The second-order valence-corrected chi connectivity index (χ2v) is 11.5. The summed E-state index contributed by atoms with van der Waals surface area (Å²) in [6, 6.07) is 11.8. The van der Waals surface area contributed by atoms with Crippen LogP contribution >= 0.6 is 23.2 Å². The quantitative estimate of drug-likeness (QED) is 0.250. The predicted octanol–water partition coefficient (Wildman–Crippen LogP) is 11.4. The third-order valence-corrected chi connectivity index (χ3v) is 5.81. The molecule has 0 aliphatic carbocycles. The van der Waals surface area contributed by atoms with Crippen molar-refractivity contribution in [3.8, 4) is 0 Å². The first-order valence-corrected chi connectivity index (χ1v) is 13.5. The molecule has 0 unspecified atom stereocenters. The van der Waals surface area contributed by atoms with E-state index in [2.05, 4.69) is 13.8 Å². The van der Waals surface area contributed by atoms with Crippen LogP contribution < -0.4 is 0 Å². The number of hydrogen-bond donors (Lipinski definition) is 0. The molecule has 0 aromatic heterocycles. The molecule has 8 heteroatoms. The molecule has 0 heterocycles. The minimum atomic E-state index is -4.40. The molecule has 0 bridgehead atoms. The highest BCUT2D eigenvalue weighted by Gasteiger charge is 2.31. The van der Waals surface area contributed by atoms with E-state index in [1.807, 2.05) is 45.9 Å². The van der Waals surface area contributed by atoms with Crippen molar-refractivity contribution in [2.45, 2.75) is 67.0 Å². The van der Waals surface area contributed by atoms with Crippen molar-refractivity contribution < 1.29 is 26.3 Å². The van der Waals surface area contributed by atoms with Crippen LogP contribution in [0.5, 0.6) is 0 Å². The Balaban J connectivity index is 0.000000295. The summed E-state index contributed by atoms with van der Waals surface area (Å²) in [6.07, 6.45) is -2.39. The van der Waals surface area contributed by atoms with Crippen LogP contribution in [0.25, 0.3) is 0 Å². The van der Waals surface area contributed by atoms with Crippen LogP contribution in [0.2, 0.25) is 10.0 Å². The minimum Gasteiger partial charge on any atom is -0.207 e. The molecule has 0 N–H and O–H groups in total. The van der Waals surface area contributed by atoms with Crippen LogP contribution in [0.4, 0.5) is 26.3 Å². The number of hydrogen-bond acceptors (Lipinski definition) is 0. The third-order valence-electron chi connectivity index (χ3n) is 5.20. The van der Waals surface area contributed by atoms with Crippen LogP contribution in [0.1, 0.15) is 63.8 Å². The van der Waals surface area contributed by atoms with Crippen LogP contribution in [0.15, 0.2) is 54.6 Å². The zero-order chi connectivity index (χ0) is 29.9. The molecule has 0 atom stereocenters. The van der Waals surface area contributed by atoms with E-state index in [-0.39, 0.29) is 11.5 Å². The Labute approximate surface area is 238 Å². The molecule has 0 fully saturated rings. The van der Waals surface area contributed by atoms with Crippen molar-refractivity contribution in [1.29, 1.82) is 0 Å². The highest BCUT2D eigenvalue weighted by molar-refractivity contribution is 6.33. The van der Waals surface area contributed by atoms with E-state index in [0.717, 1.165) is 51.9 Å². The SMILES string of the molecule is CC(C)Cc1cc(C(F)(F)F)ccc1F.CC(C)Cc1cc(Cl)ccc1Cl.CC(C)Cc1cc(F)cc(F)c1. The zero-order valence-electron chi connectivity index (χ0n) is 23.1. The summed E-state index contributed by atoms with van der Waals surface area (Å²) < 4.78 is 75.4. The highest BCUT2D eigenvalue weighted by Crippen LogP contribution is 2.31. The lowest BCUT2D eigenvalue weighted by molar-refractivity contribution is -0.137. The fraction of sp³-hybridized carbons (Fsp3) is 0.419. The molecule has 3 aromatic rings. The second-order valence-electron chi connectivity index (χ2n) is 10.6. The smallest absolute Gasteiger partial charge is 0.207 e. The molecule has 0 spiro atoms. The van der Waals surface area contributed by atoms with Gasteiger partial charge in [-0.25, -0.2) is 13.2 Å². The lowest BCUT2D eigenvalue weighted by atomic mass is 10.0. The molecular weight excluding hydrogens is 557 g/mol. The molecule has 216 valence electrons. The number of alkyl halides is 3. The first kappa shape index (κ1) is 34.8. The Hall–Kier alpha value is -2.18. The molecular formula is C31H36Cl2F6. The lowest BCUT2D eigenvalue weighted by Crippen LogP contribution is -2.07. The normalized spacial score (nSPS) is 11.3. The van der Waals surface area contributed by atoms with E-state index in [1.165, 1.54) is 12.1 Å². The molecule has 0 amide bonds. The van der Waals surface area contributed by atoms with Gasteiger partial charge in [-0.1, -0.05) is 64.7 Å². The summed E-state index contributed by atoms with van der Waals surface area (Å²) in [5.74, 6) is -0.400. The molecule has 0 aliphatic rings. The van der Waals surface area contributed by atoms with Crippen molar-refractivity contribution in [3.63, 3.8) is 0 Å². The van der Waals surface area contributed by atoms with Crippen molar-refractivity contribution in [2.75, 3.05) is 0 Å². The van der Waals surface area contributed by atoms with Crippen molar-refractivity contribution >= 4 is 23.2 Å². The maximum absolute atomic E-state index is 13.2. The van der Waals surface area contributed by atoms with Gasteiger partial charge in [0.1, 0.15) is 17.5 Å². The second kappa shape index (κ2) is 16.2. The Morgan fingerprint density at radius 2 is 1.13 bits per heavy atom. The first-order chi connectivity index (χ1) is 18.0. The maximum Gasteiger partial charge on any atom is 0.416 e. The van der Waals surface area contributed by atoms with E-state index >= 15 is 0 Å². The minimum absolute atomic E-state index is 0.125. The van der Waals surface area contributed by atoms with Gasteiger partial charge in [-0.3, -0.25) is 0 Å². The van der Waals surface area contributed by atoms with Crippen LogP contribution in [0.3, 0.4) is 0 Å². The van der Waals surface area contributed by atoms with Gasteiger partial charge in [0.05, 0.1) is 5.56 Å². The average Bonchev–Trinajstić information content (AvgIpc) is 2.76. The molecule has 0 nitrogen and oxygen atoms in total. The Morgan fingerprint density at radius 3 is 1.62 bits per heavy atom. The first-order valence-electron chi connectivity index (χ1n) is 12.7. The molecule has 39 heavy (non-hydrogen) atoms. The van der Waals surface area contributed by atoms with Gasteiger partial charge in [0.15, 0.2) is 0 Å². The standard InChI is InChI=1S/C11H12F4.C10H12Cl2.C10H12F2/c1-7(2)5-8-6-9(11(13,14)15)3-4-10(8)12;1-7(2)5-8-6-9(11)3-4-10(8)12;1-7(2)3-8-4-9(11)6-10(12)5-8/h3-4,6-7H,5H2,1-2H3;3-4,6-7H,5H2,1-2H3;4-7H,3H2,1-2H3. The maximum atomic E-state index is 13.2. The Bertz CT molecular complexity index is 1150. The van der Waals surface area contributed by atoms with Crippen molar-refractivity contribution in [3.05, 3.63) is 104 Å². The third kappa shape index (κ3) is 14.1. The van der Waals surface area contributed by atoms with Gasteiger partial charge in [0, 0.05) is 16.1 Å². The summed E-state index contributed by atoms with van der Waals surface area (Å²) in [7, 11) is 0. The molecule has 0 aliphatic heterocycles. The summed E-state index contributed by atoms with van der Waals surface area (Å²) >= 11 is 11.8. The monoisotopic (exact) mass is 592 g/mol. The van der Waals surface area contributed by atoms with Crippen molar-refractivity contribution in [2.24, 2.45) is 17.8 Å². The largest absolute Gasteiger partial charge is 0.416 e. The fourth-order valence-electron chi connectivity index (χ4n) is 3.69. The van der Waals surface area contributed by atoms with Crippen LogP contribution in [-0.4, -0.2) is 0 Å². The van der Waals surface area contributed by atoms with Gasteiger partial charge in [-0.05, 0) is 102 Å². The van der Waals surface area contributed by atoms with E-state index in [4.69, 9.17) is 23.2 Å². The number of benzene rings is 3.